The van der Waals surface area contributed by atoms with E-state index in [0.29, 0.717) is 24.3 Å². The van der Waals surface area contributed by atoms with Crippen molar-refractivity contribution in [2.24, 2.45) is 0 Å². The van der Waals surface area contributed by atoms with Gasteiger partial charge in [-0.15, -0.1) is 0 Å². The molecule has 0 aliphatic carbocycles. The zero-order valence-corrected chi connectivity index (χ0v) is 14.4. The van der Waals surface area contributed by atoms with Crippen LogP contribution in [0.4, 0.5) is 4.39 Å². The number of halogens is 1. The number of carbonyl (C=O) groups excluding carboxylic acids is 1. The molecule has 1 aromatic carbocycles. The third-order valence-electron chi connectivity index (χ3n) is 4.04. The first-order valence-corrected chi connectivity index (χ1v) is 9.29. The molecule has 0 unspecified atom stereocenters. The van der Waals surface area contributed by atoms with E-state index in [4.69, 9.17) is 4.52 Å². The summed E-state index contributed by atoms with van der Waals surface area (Å²) in [4.78, 5) is 12.4. The van der Waals surface area contributed by atoms with Gasteiger partial charge in [0.05, 0.1) is 17.1 Å². The Morgan fingerprint density at radius 1 is 1.40 bits per heavy atom. The fourth-order valence-electron chi connectivity index (χ4n) is 2.82. The second-order valence-electron chi connectivity index (χ2n) is 5.88. The van der Waals surface area contributed by atoms with Crippen LogP contribution in [0.2, 0.25) is 0 Å². The van der Waals surface area contributed by atoms with Crippen LogP contribution in [0.5, 0.6) is 0 Å². The molecule has 2 heterocycles. The highest BCUT2D eigenvalue weighted by molar-refractivity contribution is 7.89. The Bertz CT molecular complexity index is 864. The Morgan fingerprint density at radius 2 is 2.12 bits per heavy atom. The Hall–Kier alpha value is -2.26. The average molecular weight is 367 g/mol. The highest BCUT2D eigenvalue weighted by Gasteiger charge is 2.39. The van der Waals surface area contributed by atoms with Crippen LogP contribution < -0.4 is 5.32 Å². The van der Waals surface area contributed by atoms with Gasteiger partial charge in [0.1, 0.15) is 11.9 Å². The van der Waals surface area contributed by atoms with Gasteiger partial charge in [0.25, 0.3) is 0 Å². The second kappa shape index (κ2) is 6.93. The molecule has 1 amide bonds. The van der Waals surface area contributed by atoms with Crippen molar-refractivity contribution < 1.29 is 22.1 Å². The van der Waals surface area contributed by atoms with Gasteiger partial charge in [0.2, 0.25) is 15.9 Å². The maximum Gasteiger partial charge on any atom is 0.243 e. The number of aryl methyl sites for hydroxylation is 1. The van der Waals surface area contributed by atoms with Gasteiger partial charge >= 0.3 is 0 Å². The van der Waals surface area contributed by atoms with Crippen molar-refractivity contribution in [1.29, 1.82) is 0 Å². The summed E-state index contributed by atoms with van der Waals surface area (Å²) in [7, 11) is -3.86. The molecular weight excluding hydrogens is 349 g/mol. The molecule has 1 N–H and O–H groups in total. The number of rotatable bonds is 5. The molecule has 0 bridgehead atoms. The van der Waals surface area contributed by atoms with E-state index in [0.717, 1.165) is 12.1 Å². The van der Waals surface area contributed by atoms with Crippen molar-refractivity contribution in [3.63, 3.8) is 0 Å². The van der Waals surface area contributed by atoms with Gasteiger partial charge in [-0.05, 0) is 44.0 Å². The predicted octanol–water partition coefficient (Wildman–Crippen LogP) is 1.59. The summed E-state index contributed by atoms with van der Waals surface area (Å²) in [5, 5.41) is 6.41. The largest absolute Gasteiger partial charge is 0.359 e. The summed E-state index contributed by atoms with van der Waals surface area (Å²) in [6.07, 6.45) is 1.02. The van der Waals surface area contributed by atoms with E-state index in [2.05, 4.69) is 10.5 Å². The number of benzene rings is 1. The highest BCUT2D eigenvalue weighted by Crippen LogP contribution is 2.26. The molecule has 0 radical (unpaired) electrons. The molecule has 2 aromatic rings. The van der Waals surface area contributed by atoms with Crippen LogP contribution in [0.15, 0.2) is 39.8 Å². The SMILES string of the molecule is Cc1cc(CNC(=O)[C@H]2CCCN2S(=O)(=O)c2ccc(F)cc2)on1. The number of sulfonamides is 1. The summed E-state index contributed by atoms with van der Waals surface area (Å²) in [6.45, 7) is 2.16. The van der Waals surface area contributed by atoms with Crippen molar-refractivity contribution in [2.45, 2.75) is 37.2 Å². The molecule has 1 aliphatic heterocycles. The number of aromatic nitrogens is 1. The van der Waals surface area contributed by atoms with Gasteiger partial charge in [0.15, 0.2) is 5.76 Å². The van der Waals surface area contributed by atoms with E-state index in [1.807, 2.05) is 0 Å². The number of hydrogen-bond donors (Lipinski definition) is 1. The number of nitrogens with zero attached hydrogens (tertiary/aromatic N) is 2. The van der Waals surface area contributed by atoms with Gasteiger partial charge in [-0.1, -0.05) is 5.16 Å². The minimum Gasteiger partial charge on any atom is -0.359 e. The Labute approximate surface area is 144 Å². The van der Waals surface area contributed by atoms with Gasteiger partial charge in [-0.2, -0.15) is 4.31 Å². The fraction of sp³-hybridized carbons (Fsp3) is 0.375. The van der Waals surface area contributed by atoms with Crippen LogP contribution in [-0.2, 0) is 21.4 Å². The lowest BCUT2D eigenvalue weighted by Crippen LogP contribution is -2.45. The van der Waals surface area contributed by atoms with E-state index in [-0.39, 0.29) is 18.0 Å². The van der Waals surface area contributed by atoms with Crippen LogP contribution >= 0.6 is 0 Å². The minimum absolute atomic E-state index is 0.0283. The quantitative estimate of drug-likeness (QED) is 0.866. The van der Waals surface area contributed by atoms with Crippen molar-refractivity contribution in [3.05, 3.63) is 47.6 Å². The van der Waals surface area contributed by atoms with E-state index in [9.17, 15) is 17.6 Å². The maximum atomic E-state index is 13.0. The smallest absolute Gasteiger partial charge is 0.243 e. The summed E-state index contributed by atoms with van der Waals surface area (Å²) >= 11 is 0. The third-order valence-corrected chi connectivity index (χ3v) is 5.96. The van der Waals surface area contributed by atoms with Gasteiger partial charge in [-0.25, -0.2) is 12.8 Å². The van der Waals surface area contributed by atoms with Crippen LogP contribution in [0, 0.1) is 12.7 Å². The lowest BCUT2D eigenvalue weighted by Gasteiger charge is -2.23. The molecule has 9 heteroatoms. The molecule has 1 aromatic heterocycles. The van der Waals surface area contributed by atoms with E-state index in [1.54, 1.807) is 13.0 Å². The topological polar surface area (TPSA) is 92.5 Å². The first-order chi connectivity index (χ1) is 11.9. The minimum atomic E-state index is -3.86. The first-order valence-electron chi connectivity index (χ1n) is 7.85. The normalized spacial score (nSPS) is 18.4. The lowest BCUT2D eigenvalue weighted by atomic mass is 10.2. The number of amides is 1. The number of carbonyl (C=O) groups is 1. The molecule has 1 saturated heterocycles. The summed E-state index contributed by atoms with van der Waals surface area (Å²) < 4.78 is 44.7. The van der Waals surface area contributed by atoms with Crippen molar-refractivity contribution in [1.82, 2.24) is 14.8 Å². The molecule has 0 saturated carbocycles. The Morgan fingerprint density at radius 3 is 2.76 bits per heavy atom. The zero-order valence-electron chi connectivity index (χ0n) is 13.6. The van der Waals surface area contributed by atoms with Gasteiger partial charge in [-0.3, -0.25) is 4.79 Å². The standard InChI is InChI=1S/C16H18FN3O4S/c1-11-9-13(24-19-11)10-18-16(21)15-3-2-8-20(15)25(22,23)14-6-4-12(17)5-7-14/h4-7,9,15H,2-3,8,10H2,1H3,(H,18,21)/t15-/m1/s1. The van der Waals surface area contributed by atoms with Crippen molar-refractivity contribution >= 4 is 15.9 Å². The fourth-order valence-corrected chi connectivity index (χ4v) is 4.48. The second-order valence-corrected chi connectivity index (χ2v) is 7.77. The highest BCUT2D eigenvalue weighted by atomic mass is 32.2. The van der Waals surface area contributed by atoms with Gasteiger partial charge in [0, 0.05) is 12.6 Å². The Balaban J connectivity index is 1.72. The number of nitrogens with one attached hydrogen (secondary N) is 1. The molecule has 0 spiro atoms. The van der Waals surface area contributed by atoms with Crippen LogP contribution in [-0.4, -0.2) is 36.4 Å². The molecule has 1 aliphatic rings. The van der Waals surface area contributed by atoms with E-state index >= 15 is 0 Å². The molecule has 3 rings (SSSR count). The summed E-state index contributed by atoms with van der Waals surface area (Å²) in [5.74, 6) is -0.411. The van der Waals surface area contributed by atoms with Crippen LogP contribution in [0.25, 0.3) is 0 Å². The molecule has 134 valence electrons. The van der Waals surface area contributed by atoms with Crippen LogP contribution in [0.3, 0.4) is 0 Å². The molecular formula is C16H18FN3O4S. The molecule has 1 atom stereocenters. The van der Waals surface area contributed by atoms with Crippen LogP contribution in [0.1, 0.15) is 24.3 Å². The van der Waals surface area contributed by atoms with Crippen molar-refractivity contribution in [2.75, 3.05) is 6.54 Å². The summed E-state index contributed by atoms with van der Waals surface area (Å²) in [6, 6.07) is 5.49. The molecule has 25 heavy (non-hydrogen) atoms. The maximum absolute atomic E-state index is 13.0. The molecule has 7 nitrogen and oxygen atoms in total. The first kappa shape index (κ1) is 17.6. The van der Waals surface area contributed by atoms with E-state index < -0.39 is 27.8 Å². The zero-order chi connectivity index (χ0) is 18.0. The van der Waals surface area contributed by atoms with Gasteiger partial charge < -0.3 is 9.84 Å². The summed E-state index contributed by atoms with van der Waals surface area (Å²) in [5.41, 5.74) is 0.700. The average Bonchev–Trinajstić information content (AvgIpc) is 3.22. The third kappa shape index (κ3) is 3.72. The van der Waals surface area contributed by atoms with Crippen molar-refractivity contribution in [3.8, 4) is 0 Å². The van der Waals surface area contributed by atoms with E-state index in [1.165, 1.54) is 16.4 Å². The lowest BCUT2D eigenvalue weighted by molar-refractivity contribution is -0.124. The Kier molecular flexibility index (Phi) is 4.87. The number of hydrogen-bond acceptors (Lipinski definition) is 5. The predicted molar refractivity (Wildman–Crippen MR) is 86.4 cm³/mol. The monoisotopic (exact) mass is 367 g/mol. The molecule has 1 fully saturated rings.